The van der Waals surface area contributed by atoms with E-state index in [0.29, 0.717) is 81.3 Å². The summed E-state index contributed by atoms with van der Waals surface area (Å²) in [4.78, 5) is 46.6. The van der Waals surface area contributed by atoms with Gasteiger partial charge in [-0.2, -0.15) is 0 Å². The standard InChI is InChI=1S/C32H34ClN3O8S/c1-5-42-25-15-20(7-9-24(25)44-18-27(37)35-11-13-41-14-12-35)16-26-30(38)36-29(22-17-21(33)8-10-23(22)40-4)28(31(39)43-6-2)19(3)34-32(36)45-26/h7-10,15-17,29H,5-6,11-14,18H2,1-4H3/b26-16-/t29-/m0/s1. The molecule has 2 aliphatic heterocycles. The first-order chi connectivity index (χ1) is 21.7. The molecular formula is C32H34ClN3O8S. The van der Waals surface area contributed by atoms with E-state index >= 15 is 0 Å². The highest BCUT2D eigenvalue weighted by atomic mass is 35.5. The van der Waals surface area contributed by atoms with Crippen molar-refractivity contribution in [2.45, 2.75) is 26.8 Å². The summed E-state index contributed by atoms with van der Waals surface area (Å²) >= 11 is 7.57. The highest BCUT2D eigenvalue weighted by molar-refractivity contribution is 7.07. The van der Waals surface area contributed by atoms with Crippen LogP contribution in [-0.4, -0.2) is 74.6 Å². The molecule has 1 atom stereocenters. The number of ether oxygens (including phenoxy) is 5. The average Bonchev–Trinajstić information content (AvgIpc) is 3.34. The minimum atomic E-state index is -0.880. The van der Waals surface area contributed by atoms with Gasteiger partial charge in [-0.1, -0.05) is 29.0 Å². The quantitative estimate of drug-likeness (QED) is 0.306. The first-order valence-electron chi connectivity index (χ1n) is 14.5. The first-order valence-corrected chi connectivity index (χ1v) is 15.7. The van der Waals surface area contributed by atoms with E-state index in [2.05, 4.69) is 4.99 Å². The molecule has 0 unspecified atom stereocenters. The van der Waals surface area contributed by atoms with Crippen LogP contribution in [0.15, 0.2) is 57.5 Å². The molecule has 3 heterocycles. The Labute approximate surface area is 268 Å². The van der Waals surface area contributed by atoms with E-state index in [-0.39, 0.29) is 30.3 Å². The van der Waals surface area contributed by atoms with Crippen molar-refractivity contribution < 1.29 is 33.3 Å². The predicted octanol–water partition coefficient (Wildman–Crippen LogP) is 3.10. The number of allylic oxidation sites excluding steroid dienone is 1. The van der Waals surface area contributed by atoms with Gasteiger partial charge < -0.3 is 28.6 Å². The summed E-state index contributed by atoms with van der Waals surface area (Å²) in [5.41, 5.74) is 1.51. The third kappa shape index (κ3) is 6.92. The Morgan fingerprint density at radius 3 is 2.53 bits per heavy atom. The maximum Gasteiger partial charge on any atom is 0.338 e. The Morgan fingerprint density at radius 1 is 1.07 bits per heavy atom. The molecule has 13 heteroatoms. The number of hydrogen-bond donors (Lipinski definition) is 0. The van der Waals surface area contributed by atoms with Crippen LogP contribution in [0.25, 0.3) is 6.08 Å². The summed E-state index contributed by atoms with van der Waals surface area (Å²) in [6, 6.07) is 9.41. The number of nitrogens with zero attached hydrogens (tertiary/aromatic N) is 3. The van der Waals surface area contributed by atoms with Crippen molar-refractivity contribution in [3.05, 3.63) is 83.5 Å². The lowest BCUT2D eigenvalue weighted by Gasteiger charge is -2.26. The molecule has 0 saturated carbocycles. The second-order valence-corrected chi connectivity index (χ2v) is 11.6. The molecular weight excluding hydrogens is 622 g/mol. The van der Waals surface area contributed by atoms with Gasteiger partial charge in [-0.05, 0) is 62.7 Å². The molecule has 0 bridgehead atoms. The molecule has 0 aliphatic carbocycles. The number of benzene rings is 2. The lowest BCUT2D eigenvalue weighted by atomic mass is 9.95. The van der Waals surface area contributed by atoms with Crippen molar-refractivity contribution >= 4 is 40.9 Å². The maximum absolute atomic E-state index is 14.1. The number of esters is 1. The lowest BCUT2D eigenvalue weighted by molar-refractivity contribution is -0.139. The minimum absolute atomic E-state index is 0.130. The number of halogens is 1. The maximum atomic E-state index is 14.1. The number of thiazole rings is 1. The van der Waals surface area contributed by atoms with Crippen molar-refractivity contribution in [2.75, 3.05) is 53.2 Å². The molecule has 2 aliphatic rings. The summed E-state index contributed by atoms with van der Waals surface area (Å²) in [7, 11) is 1.51. The summed E-state index contributed by atoms with van der Waals surface area (Å²) in [6.07, 6.45) is 1.73. The van der Waals surface area contributed by atoms with Gasteiger partial charge in [0.2, 0.25) is 0 Å². The van der Waals surface area contributed by atoms with Crippen LogP contribution in [0.4, 0.5) is 0 Å². The number of rotatable bonds is 10. The van der Waals surface area contributed by atoms with E-state index in [1.807, 2.05) is 6.92 Å². The monoisotopic (exact) mass is 655 g/mol. The van der Waals surface area contributed by atoms with Gasteiger partial charge in [-0.25, -0.2) is 9.79 Å². The lowest BCUT2D eigenvalue weighted by Crippen LogP contribution is -2.43. The molecule has 45 heavy (non-hydrogen) atoms. The Hall–Kier alpha value is -4.13. The van der Waals surface area contributed by atoms with Crippen LogP contribution in [0.1, 0.15) is 37.9 Å². The van der Waals surface area contributed by atoms with E-state index in [1.54, 1.807) is 61.2 Å². The first kappa shape index (κ1) is 32.3. The molecule has 11 nitrogen and oxygen atoms in total. The number of carbonyl (C=O) groups excluding carboxylic acids is 2. The summed E-state index contributed by atoms with van der Waals surface area (Å²) in [5, 5.41) is 0.420. The second kappa shape index (κ2) is 14.3. The Balaban J connectivity index is 1.54. The topological polar surface area (TPSA) is 118 Å². The molecule has 1 amide bonds. The van der Waals surface area contributed by atoms with Crippen LogP contribution in [0.3, 0.4) is 0 Å². The van der Waals surface area contributed by atoms with Crippen molar-refractivity contribution in [3.63, 3.8) is 0 Å². The van der Waals surface area contributed by atoms with Crippen molar-refractivity contribution in [1.82, 2.24) is 9.47 Å². The SMILES string of the molecule is CCOC(=O)C1=C(C)N=c2s/c(=C\c3ccc(OCC(=O)N4CCOCC4)c(OCC)c3)c(=O)n2[C@H]1c1cc(Cl)ccc1OC. The molecule has 238 valence electrons. The second-order valence-electron chi connectivity index (χ2n) is 10.1. The molecule has 5 rings (SSSR count). The normalized spacial score (nSPS) is 16.6. The van der Waals surface area contributed by atoms with E-state index in [0.717, 1.165) is 0 Å². The van der Waals surface area contributed by atoms with Crippen LogP contribution in [0.2, 0.25) is 5.02 Å². The van der Waals surface area contributed by atoms with Crippen LogP contribution < -0.4 is 29.1 Å². The highest BCUT2D eigenvalue weighted by Crippen LogP contribution is 2.37. The van der Waals surface area contributed by atoms with E-state index in [4.69, 9.17) is 35.3 Å². The van der Waals surface area contributed by atoms with Crippen molar-refractivity contribution in [3.8, 4) is 17.2 Å². The van der Waals surface area contributed by atoms with Crippen LogP contribution in [0, 0.1) is 0 Å². The van der Waals surface area contributed by atoms with Gasteiger partial charge in [0.15, 0.2) is 22.9 Å². The number of fused-ring (bicyclic) bond motifs is 1. The number of methoxy groups -OCH3 is 1. The van der Waals surface area contributed by atoms with Crippen LogP contribution in [0.5, 0.6) is 17.2 Å². The zero-order valence-electron chi connectivity index (χ0n) is 25.5. The number of amides is 1. The third-order valence-corrected chi connectivity index (χ3v) is 8.50. The molecule has 3 aromatic rings. The summed E-state index contributed by atoms with van der Waals surface area (Å²) in [5.74, 6) is 0.605. The molecule has 0 N–H and O–H groups in total. The molecule has 1 saturated heterocycles. The smallest absolute Gasteiger partial charge is 0.338 e. The van der Waals surface area contributed by atoms with E-state index in [1.165, 1.54) is 23.0 Å². The molecule has 1 fully saturated rings. The molecule has 1 aromatic heterocycles. The number of morpholine rings is 1. The van der Waals surface area contributed by atoms with Crippen molar-refractivity contribution in [1.29, 1.82) is 0 Å². The van der Waals surface area contributed by atoms with E-state index < -0.39 is 12.0 Å². The highest BCUT2D eigenvalue weighted by Gasteiger charge is 2.35. The fourth-order valence-corrected chi connectivity index (χ4v) is 6.43. The fourth-order valence-electron chi connectivity index (χ4n) is 5.20. The van der Waals surface area contributed by atoms with Gasteiger partial charge in [0, 0.05) is 23.7 Å². The summed E-state index contributed by atoms with van der Waals surface area (Å²) in [6.45, 7) is 7.75. The van der Waals surface area contributed by atoms with Crippen molar-refractivity contribution in [2.24, 2.45) is 4.99 Å². The predicted molar refractivity (Wildman–Crippen MR) is 169 cm³/mol. The Bertz CT molecular complexity index is 1810. The van der Waals surface area contributed by atoms with Crippen LogP contribution >= 0.6 is 22.9 Å². The number of carbonyl (C=O) groups is 2. The van der Waals surface area contributed by atoms with Gasteiger partial charge in [0.05, 0.1) is 49.3 Å². The van der Waals surface area contributed by atoms with Gasteiger partial charge in [-0.3, -0.25) is 14.2 Å². The fraction of sp³-hybridized carbons (Fsp3) is 0.375. The Kier molecular flexibility index (Phi) is 10.3. The van der Waals surface area contributed by atoms with E-state index in [9.17, 15) is 14.4 Å². The van der Waals surface area contributed by atoms with Crippen LogP contribution in [-0.2, 0) is 19.1 Å². The molecule has 0 radical (unpaired) electrons. The molecule has 0 spiro atoms. The van der Waals surface area contributed by atoms with Gasteiger partial charge in [0.1, 0.15) is 11.8 Å². The van der Waals surface area contributed by atoms with Gasteiger partial charge in [-0.15, -0.1) is 0 Å². The minimum Gasteiger partial charge on any atom is -0.496 e. The average molecular weight is 656 g/mol. The van der Waals surface area contributed by atoms with Gasteiger partial charge in [0.25, 0.3) is 11.5 Å². The molecule has 2 aromatic carbocycles. The number of hydrogen-bond acceptors (Lipinski definition) is 10. The third-order valence-electron chi connectivity index (χ3n) is 7.28. The zero-order chi connectivity index (χ0) is 32.1. The van der Waals surface area contributed by atoms with Gasteiger partial charge >= 0.3 is 5.97 Å². The largest absolute Gasteiger partial charge is 0.496 e. The summed E-state index contributed by atoms with van der Waals surface area (Å²) < 4.78 is 29.8. The Morgan fingerprint density at radius 2 is 1.82 bits per heavy atom. The number of aromatic nitrogens is 1. The zero-order valence-corrected chi connectivity index (χ0v) is 27.0.